The van der Waals surface area contributed by atoms with Gasteiger partial charge in [0.05, 0.1) is 11.2 Å². The first-order chi connectivity index (χ1) is 10.3. The SMILES string of the molecule is O/N=C\c1cnc(C#CCCCc2ccccc2)cc1Cl. The molecule has 1 aromatic carbocycles. The number of rotatable bonds is 4. The fourth-order valence-electron chi connectivity index (χ4n) is 1.85. The van der Waals surface area contributed by atoms with Gasteiger partial charge in [0, 0.05) is 18.2 Å². The van der Waals surface area contributed by atoms with Crippen LogP contribution >= 0.6 is 11.6 Å². The van der Waals surface area contributed by atoms with Crippen molar-refractivity contribution in [2.24, 2.45) is 5.16 Å². The molecule has 3 nitrogen and oxygen atoms in total. The Kier molecular flexibility index (Phi) is 5.81. The molecule has 0 amide bonds. The van der Waals surface area contributed by atoms with E-state index in [1.54, 1.807) is 6.07 Å². The number of pyridine rings is 1. The highest BCUT2D eigenvalue weighted by Crippen LogP contribution is 2.13. The van der Waals surface area contributed by atoms with Crippen molar-refractivity contribution in [3.05, 3.63) is 64.4 Å². The van der Waals surface area contributed by atoms with E-state index in [2.05, 4.69) is 34.1 Å². The molecule has 4 heteroatoms. The van der Waals surface area contributed by atoms with Gasteiger partial charge in [0.1, 0.15) is 5.69 Å². The minimum absolute atomic E-state index is 0.469. The second-order valence-electron chi connectivity index (χ2n) is 4.48. The number of benzene rings is 1. The van der Waals surface area contributed by atoms with Crippen molar-refractivity contribution in [1.29, 1.82) is 0 Å². The van der Waals surface area contributed by atoms with Crippen molar-refractivity contribution < 1.29 is 5.21 Å². The highest BCUT2D eigenvalue weighted by molar-refractivity contribution is 6.33. The minimum Gasteiger partial charge on any atom is -0.411 e. The third kappa shape index (κ3) is 4.94. The van der Waals surface area contributed by atoms with Crippen LogP contribution in [-0.2, 0) is 6.42 Å². The summed E-state index contributed by atoms with van der Waals surface area (Å²) in [5.74, 6) is 6.08. The van der Waals surface area contributed by atoms with Crippen molar-refractivity contribution in [2.75, 3.05) is 0 Å². The van der Waals surface area contributed by atoms with Gasteiger partial charge in [-0.15, -0.1) is 0 Å². The number of hydrogen-bond acceptors (Lipinski definition) is 3. The van der Waals surface area contributed by atoms with E-state index in [1.807, 2.05) is 18.2 Å². The summed E-state index contributed by atoms with van der Waals surface area (Å²) < 4.78 is 0. The first kappa shape index (κ1) is 15.1. The minimum atomic E-state index is 0.469. The largest absolute Gasteiger partial charge is 0.411 e. The second-order valence-corrected chi connectivity index (χ2v) is 4.88. The number of aromatic nitrogens is 1. The van der Waals surface area contributed by atoms with Gasteiger partial charge in [-0.25, -0.2) is 4.98 Å². The number of nitrogens with zero attached hydrogens (tertiary/aromatic N) is 2. The Labute approximate surface area is 129 Å². The maximum absolute atomic E-state index is 8.46. The fraction of sp³-hybridized carbons (Fsp3) is 0.176. The third-order valence-electron chi connectivity index (χ3n) is 2.91. The standard InChI is InChI=1S/C17H15ClN2O/c18-17-11-16(19-12-15(17)13-20-21)10-6-2-5-9-14-7-3-1-4-8-14/h1,3-4,7-8,11-13,21H,2,5,9H2/b20-13-. The molecule has 1 N–H and O–H groups in total. The zero-order chi connectivity index (χ0) is 14.9. The molecule has 0 radical (unpaired) electrons. The van der Waals surface area contributed by atoms with Gasteiger partial charge in [-0.3, -0.25) is 0 Å². The average molecular weight is 299 g/mol. The van der Waals surface area contributed by atoms with E-state index < -0.39 is 0 Å². The van der Waals surface area contributed by atoms with Gasteiger partial charge in [-0.1, -0.05) is 53.0 Å². The van der Waals surface area contributed by atoms with E-state index in [4.69, 9.17) is 16.8 Å². The molecule has 0 spiro atoms. The van der Waals surface area contributed by atoms with Crippen LogP contribution in [0.2, 0.25) is 5.02 Å². The Hall–Kier alpha value is -2.31. The Morgan fingerprint density at radius 3 is 2.81 bits per heavy atom. The number of unbranched alkanes of at least 4 members (excludes halogenated alkanes) is 1. The number of hydrogen-bond donors (Lipinski definition) is 1. The van der Waals surface area contributed by atoms with Crippen molar-refractivity contribution in [2.45, 2.75) is 19.3 Å². The molecule has 0 aliphatic carbocycles. The molecule has 0 atom stereocenters. The van der Waals surface area contributed by atoms with Crippen LogP contribution in [0.1, 0.15) is 29.7 Å². The van der Waals surface area contributed by atoms with Crippen molar-refractivity contribution in [3.8, 4) is 11.8 Å². The molecule has 0 saturated heterocycles. The van der Waals surface area contributed by atoms with Gasteiger partial charge in [-0.05, 0) is 30.4 Å². The lowest BCUT2D eigenvalue weighted by Gasteiger charge is -1.97. The molecular formula is C17H15ClN2O. The van der Waals surface area contributed by atoms with E-state index in [0.717, 1.165) is 19.3 Å². The molecule has 106 valence electrons. The summed E-state index contributed by atoms with van der Waals surface area (Å²) >= 11 is 6.02. The molecule has 0 unspecified atom stereocenters. The quantitative estimate of drug-likeness (QED) is 0.306. The van der Waals surface area contributed by atoms with Gasteiger partial charge in [0.15, 0.2) is 0 Å². The number of oxime groups is 1. The van der Waals surface area contributed by atoms with Crippen molar-refractivity contribution in [1.82, 2.24) is 4.98 Å². The van der Waals surface area contributed by atoms with Gasteiger partial charge >= 0.3 is 0 Å². The Morgan fingerprint density at radius 1 is 1.29 bits per heavy atom. The van der Waals surface area contributed by atoms with Crippen molar-refractivity contribution in [3.63, 3.8) is 0 Å². The monoisotopic (exact) mass is 298 g/mol. The third-order valence-corrected chi connectivity index (χ3v) is 3.23. The zero-order valence-electron chi connectivity index (χ0n) is 11.5. The van der Waals surface area contributed by atoms with Crippen LogP contribution in [0.4, 0.5) is 0 Å². The van der Waals surface area contributed by atoms with Crippen molar-refractivity contribution >= 4 is 17.8 Å². The van der Waals surface area contributed by atoms with Gasteiger partial charge in [-0.2, -0.15) is 0 Å². The van der Waals surface area contributed by atoms with E-state index >= 15 is 0 Å². The van der Waals surface area contributed by atoms with Crippen LogP contribution in [0.15, 0.2) is 47.8 Å². The molecule has 0 aliphatic rings. The highest BCUT2D eigenvalue weighted by Gasteiger charge is 1.99. The lowest BCUT2D eigenvalue weighted by atomic mass is 10.1. The van der Waals surface area contributed by atoms with Gasteiger partial charge in [0.2, 0.25) is 0 Å². The molecule has 0 fully saturated rings. The maximum atomic E-state index is 8.46. The fourth-order valence-corrected chi connectivity index (χ4v) is 2.05. The second kappa shape index (κ2) is 8.08. The lowest BCUT2D eigenvalue weighted by molar-refractivity contribution is 0.322. The molecule has 0 bridgehead atoms. The molecule has 2 rings (SSSR count). The van der Waals surface area contributed by atoms with Gasteiger partial charge < -0.3 is 5.21 Å². The number of halogens is 1. The smallest absolute Gasteiger partial charge is 0.114 e. The van der Waals surface area contributed by atoms with Crippen LogP contribution in [0.25, 0.3) is 0 Å². The normalized spacial score (nSPS) is 10.3. The summed E-state index contributed by atoms with van der Waals surface area (Å²) in [5, 5.41) is 11.9. The van der Waals surface area contributed by atoms with E-state index in [-0.39, 0.29) is 0 Å². The first-order valence-corrected chi connectivity index (χ1v) is 7.03. The van der Waals surface area contributed by atoms with E-state index in [1.165, 1.54) is 18.0 Å². The van der Waals surface area contributed by atoms with Crippen LogP contribution in [0, 0.1) is 11.8 Å². The molecule has 1 aromatic heterocycles. The summed E-state index contributed by atoms with van der Waals surface area (Å²) in [6.45, 7) is 0. The summed E-state index contributed by atoms with van der Waals surface area (Å²) in [6, 6.07) is 12.0. The average Bonchev–Trinajstić information content (AvgIpc) is 2.51. The summed E-state index contributed by atoms with van der Waals surface area (Å²) in [6.07, 6.45) is 5.63. The van der Waals surface area contributed by atoms with E-state index in [0.29, 0.717) is 16.3 Å². The molecule has 21 heavy (non-hydrogen) atoms. The predicted molar refractivity (Wildman–Crippen MR) is 84.9 cm³/mol. The summed E-state index contributed by atoms with van der Waals surface area (Å²) in [4.78, 5) is 4.15. The Bertz CT molecular complexity index is 672. The lowest BCUT2D eigenvalue weighted by Crippen LogP contribution is -1.89. The molecule has 1 heterocycles. The topological polar surface area (TPSA) is 45.5 Å². The Balaban J connectivity index is 1.87. The number of aryl methyl sites for hydroxylation is 1. The predicted octanol–water partition coefficient (Wildman–Crippen LogP) is 3.92. The maximum Gasteiger partial charge on any atom is 0.114 e. The molecule has 0 aliphatic heterocycles. The molecule has 0 saturated carbocycles. The Morgan fingerprint density at radius 2 is 2.10 bits per heavy atom. The van der Waals surface area contributed by atoms with Crippen LogP contribution in [-0.4, -0.2) is 16.4 Å². The van der Waals surface area contributed by atoms with Crippen LogP contribution in [0.3, 0.4) is 0 Å². The van der Waals surface area contributed by atoms with E-state index in [9.17, 15) is 0 Å². The highest BCUT2D eigenvalue weighted by atomic mass is 35.5. The van der Waals surface area contributed by atoms with Gasteiger partial charge in [0.25, 0.3) is 0 Å². The van der Waals surface area contributed by atoms with Crippen LogP contribution in [0.5, 0.6) is 0 Å². The van der Waals surface area contributed by atoms with Crippen LogP contribution < -0.4 is 0 Å². The molecular weight excluding hydrogens is 284 g/mol. The zero-order valence-corrected chi connectivity index (χ0v) is 12.2. The molecule has 2 aromatic rings. The first-order valence-electron chi connectivity index (χ1n) is 6.65. The summed E-state index contributed by atoms with van der Waals surface area (Å²) in [7, 11) is 0. The summed E-state index contributed by atoms with van der Waals surface area (Å²) in [5.41, 5.74) is 2.51.